The molecule has 2 aromatic carbocycles. The van der Waals surface area contributed by atoms with Gasteiger partial charge in [0.15, 0.2) is 0 Å². The number of methoxy groups -OCH3 is 1. The number of benzene rings is 2. The molecule has 0 atom stereocenters. The number of hydrogen-bond acceptors (Lipinski definition) is 4. The van der Waals surface area contributed by atoms with Crippen molar-refractivity contribution >= 4 is 21.9 Å². The molecule has 6 heteroatoms. The Hall–Kier alpha value is -2.52. The number of rotatable bonds is 4. The first-order chi connectivity index (χ1) is 10.0. The van der Waals surface area contributed by atoms with Crippen LogP contribution in [0.15, 0.2) is 40.9 Å². The molecular formula is C15H10BrNO4. The van der Waals surface area contributed by atoms with E-state index in [1.54, 1.807) is 30.3 Å². The molecule has 0 aliphatic rings. The first-order valence-corrected chi connectivity index (χ1v) is 6.62. The molecular weight excluding hydrogens is 338 g/mol. The molecule has 2 rings (SSSR count). The van der Waals surface area contributed by atoms with Crippen molar-refractivity contribution in [2.75, 3.05) is 7.11 Å². The van der Waals surface area contributed by atoms with E-state index in [1.165, 1.54) is 13.2 Å². The van der Waals surface area contributed by atoms with Crippen LogP contribution >= 0.6 is 15.9 Å². The third kappa shape index (κ3) is 3.52. The van der Waals surface area contributed by atoms with Gasteiger partial charge in [-0.25, -0.2) is 4.79 Å². The highest BCUT2D eigenvalue weighted by molar-refractivity contribution is 9.10. The van der Waals surface area contributed by atoms with Crippen LogP contribution in [0.25, 0.3) is 0 Å². The van der Waals surface area contributed by atoms with Gasteiger partial charge in [-0.3, -0.25) is 0 Å². The van der Waals surface area contributed by atoms with E-state index in [2.05, 4.69) is 15.9 Å². The summed E-state index contributed by atoms with van der Waals surface area (Å²) in [6.45, 7) is 0. The number of carboxylic acid groups (broad SMARTS) is 1. The van der Waals surface area contributed by atoms with Gasteiger partial charge in [0.1, 0.15) is 17.2 Å². The molecule has 0 amide bonds. The van der Waals surface area contributed by atoms with Gasteiger partial charge in [-0.2, -0.15) is 5.26 Å². The number of hydrogen-bond donors (Lipinski definition) is 1. The number of nitrogens with zero attached hydrogens (tertiary/aromatic N) is 1. The van der Waals surface area contributed by atoms with E-state index in [0.717, 1.165) is 0 Å². The lowest BCUT2D eigenvalue weighted by Crippen LogP contribution is -1.97. The Labute approximate surface area is 129 Å². The molecule has 0 heterocycles. The Morgan fingerprint density at radius 1 is 1.19 bits per heavy atom. The Kier molecular flexibility index (Phi) is 4.45. The van der Waals surface area contributed by atoms with Gasteiger partial charge < -0.3 is 14.6 Å². The molecule has 21 heavy (non-hydrogen) atoms. The number of carbonyl (C=O) groups is 1. The molecule has 0 saturated heterocycles. The SMILES string of the molecule is COc1cc(C#N)cc(Oc2ccc(C(=O)O)c(Br)c2)c1. The van der Waals surface area contributed by atoms with Crippen molar-refractivity contribution < 1.29 is 19.4 Å². The number of nitriles is 1. The fourth-order valence-corrected chi connectivity index (χ4v) is 2.21. The predicted octanol–water partition coefficient (Wildman–Crippen LogP) is 3.82. The zero-order chi connectivity index (χ0) is 15.4. The average Bonchev–Trinajstić information content (AvgIpc) is 2.46. The lowest BCUT2D eigenvalue weighted by atomic mass is 10.2. The summed E-state index contributed by atoms with van der Waals surface area (Å²) in [5, 5.41) is 17.9. The number of aromatic carboxylic acids is 1. The highest BCUT2D eigenvalue weighted by Crippen LogP contribution is 2.30. The van der Waals surface area contributed by atoms with Crippen LogP contribution < -0.4 is 9.47 Å². The summed E-state index contributed by atoms with van der Waals surface area (Å²) < 4.78 is 11.1. The van der Waals surface area contributed by atoms with Crippen LogP contribution in [0.5, 0.6) is 17.2 Å². The minimum atomic E-state index is -1.03. The fourth-order valence-electron chi connectivity index (χ4n) is 1.68. The van der Waals surface area contributed by atoms with Gasteiger partial charge >= 0.3 is 5.97 Å². The van der Waals surface area contributed by atoms with Crippen molar-refractivity contribution in [3.05, 3.63) is 52.0 Å². The molecule has 0 saturated carbocycles. The smallest absolute Gasteiger partial charge is 0.336 e. The predicted molar refractivity (Wildman–Crippen MR) is 78.9 cm³/mol. The summed E-state index contributed by atoms with van der Waals surface area (Å²) in [5.41, 5.74) is 0.552. The Morgan fingerprint density at radius 2 is 1.90 bits per heavy atom. The van der Waals surface area contributed by atoms with Crippen LogP contribution in [-0.4, -0.2) is 18.2 Å². The van der Waals surface area contributed by atoms with Crippen molar-refractivity contribution in [2.45, 2.75) is 0 Å². The number of halogens is 1. The van der Waals surface area contributed by atoms with E-state index in [0.29, 0.717) is 27.3 Å². The van der Waals surface area contributed by atoms with Crippen LogP contribution in [0.1, 0.15) is 15.9 Å². The molecule has 106 valence electrons. The second kappa shape index (κ2) is 6.29. The minimum absolute atomic E-state index is 0.144. The first-order valence-electron chi connectivity index (χ1n) is 5.83. The molecule has 2 aromatic rings. The summed E-state index contributed by atoms with van der Waals surface area (Å²) in [4.78, 5) is 10.9. The molecule has 0 fully saturated rings. The maximum absolute atomic E-state index is 10.9. The summed E-state index contributed by atoms with van der Waals surface area (Å²) >= 11 is 3.18. The summed E-state index contributed by atoms with van der Waals surface area (Å²) in [6, 6.07) is 11.3. The summed E-state index contributed by atoms with van der Waals surface area (Å²) in [7, 11) is 1.50. The Bertz CT molecular complexity index is 737. The van der Waals surface area contributed by atoms with Crippen LogP contribution in [0.3, 0.4) is 0 Å². The van der Waals surface area contributed by atoms with E-state index in [-0.39, 0.29) is 5.56 Å². The van der Waals surface area contributed by atoms with E-state index in [9.17, 15) is 4.79 Å². The Balaban J connectivity index is 2.32. The van der Waals surface area contributed by atoms with Gasteiger partial charge in [0.25, 0.3) is 0 Å². The third-order valence-corrected chi connectivity index (χ3v) is 3.31. The standard InChI is InChI=1S/C15H10BrNO4/c1-20-11-4-9(8-17)5-12(6-11)21-10-2-3-13(15(18)19)14(16)7-10/h2-7H,1H3,(H,18,19). The maximum atomic E-state index is 10.9. The lowest BCUT2D eigenvalue weighted by molar-refractivity contribution is 0.0696. The van der Waals surface area contributed by atoms with Crippen LogP contribution in [0.2, 0.25) is 0 Å². The zero-order valence-electron chi connectivity index (χ0n) is 11.0. The van der Waals surface area contributed by atoms with Crippen LogP contribution in [-0.2, 0) is 0 Å². The Morgan fingerprint density at radius 3 is 2.48 bits per heavy atom. The molecule has 0 spiro atoms. The lowest BCUT2D eigenvalue weighted by Gasteiger charge is -2.09. The molecule has 5 nitrogen and oxygen atoms in total. The molecule has 1 N–H and O–H groups in total. The van der Waals surface area contributed by atoms with Gasteiger partial charge in [-0.1, -0.05) is 0 Å². The second-order valence-corrected chi connectivity index (χ2v) is 4.91. The van der Waals surface area contributed by atoms with Gasteiger partial charge in [-0.05, 0) is 46.3 Å². The molecule has 0 aromatic heterocycles. The van der Waals surface area contributed by atoms with Crippen molar-refractivity contribution in [3.8, 4) is 23.3 Å². The van der Waals surface area contributed by atoms with Gasteiger partial charge in [0, 0.05) is 10.5 Å². The van der Waals surface area contributed by atoms with E-state index >= 15 is 0 Å². The zero-order valence-corrected chi connectivity index (χ0v) is 12.5. The maximum Gasteiger partial charge on any atom is 0.336 e. The van der Waals surface area contributed by atoms with E-state index < -0.39 is 5.97 Å². The fraction of sp³-hybridized carbons (Fsp3) is 0.0667. The number of ether oxygens (including phenoxy) is 2. The van der Waals surface area contributed by atoms with Crippen molar-refractivity contribution in [2.24, 2.45) is 0 Å². The highest BCUT2D eigenvalue weighted by Gasteiger charge is 2.10. The van der Waals surface area contributed by atoms with Crippen molar-refractivity contribution in [1.82, 2.24) is 0 Å². The van der Waals surface area contributed by atoms with Gasteiger partial charge in [-0.15, -0.1) is 0 Å². The van der Waals surface area contributed by atoms with Crippen LogP contribution in [0, 0.1) is 11.3 Å². The minimum Gasteiger partial charge on any atom is -0.497 e. The summed E-state index contributed by atoms with van der Waals surface area (Å²) in [5.74, 6) is 0.358. The topological polar surface area (TPSA) is 79.5 Å². The largest absolute Gasteiger partial charge is 0.497 e. The molecule has 0 radical (unpaired) electrons. The van der Waals surface area contributed by atoms with Gasteiger partial charge in [0.2, 0.25) is 0 Å². The first kappa shape index (κ1) is 14.9. The average molecular weight is 348 g/mol. The summed E-state index contributed by atoms with van der Waals surface area (Å²) in [6.07, 6.45) is 0. The van der Waals surface area contributed by atoms with Crippen molar-refractivity contribution in [1.29, 1.82) is 5.26 Å². The highest BCUT2D eigenvalue weighted by atomic mass is 79.9. The monoisotopic (exact) mass is 347 g/mol. The quantitative estimate of drug-likeness (QED) is 0.909. The molecule has 0 aliphatic heterocycles. The van der Waals surface area contributed by atoms with Crippen molar-refractivity contribution in [3.63, 3.8) is 0 Å². The molecule has 0 bridgehead atoms. The second-order valence-electron chi connectivity index (χ2n) is 4.06. The molecule has 0 aliphatic carbocycles. The van der Waals surface area contributed by atoms with Gasteiger partial charge in [0.05, 0.1) is 24.3 Å². The normalized spacial score (nSPS) is 9.76. The van der Waals surface area contributed by atoms with E-state index in [1.807, 2.05) is 6.07 Å². The molecule has 0 unspecified atom stereocenters. The number of carboxylic acids is 1. The van der Waals surface area contributed by atoms with Crippen LogP contribution in [0.4, 0.5) is 0 Å². The van der Waals surface area contributed by atoms with E-state index in [4.69, 9.17) is 19.8 Å². The third-order valence-electron chi connectivity index (χ3n) is 2.65.